The van der Waals surface area contributed by atoms with Crippen molar-refractivity contribution in [2.45, 2.75) is 44.3 Å². The van der Waals surface area contributed by atoms with Crippen molar-refractivity contribution in [3.8, 4) is 5.75 Å². The summed E-state index contributed by atoms with van der Waals surface area (Å²) in [7, 11) is 0. The lowest BCUT2D eigenvalue weighted by atomic mass is 9.97. The van der Waals surface area contributed by atoms with Gasteiger partial charge in [0.15, 0.2) is 0 Å². The topological polar surface area (TPSA) is 21.3 Å². The SMILES string of the molecule is FC(F)(F)c1cc(COc2cccc([C@@H]3CCCCN3)c2)cc(C(F)(F)F)c1. The zero-order valence-electron chi connectivity index (χ0n) is 14.8. The molecule has 1 fully saturated rings. The van der Waals surface area contributed by atoms with Crippen LogP contribution in [0.3, 0.4) is 0 Å². The van der Waals surface area contributed by atoms with E-state index in [1.165, 1.54) is 0 Å². The van der Waals surface area contributed by atoms with Crippen LogP contribution >= 0.6 is 0 Å². The quantitative estimate of drug-likeness (QED) is 0.621. The third-order valence-corrected chi connectivity index (χ3v) is 4.62. The van der Waals surface area contributed by atoms with Gasteiger partial charge >= 0.3 is 12.4 Å². The van der Waals surface area contributed by atoms with Crippen molar-refractivity contribution >= 4 is 0 Å². The Morgan fingerprint density at radius 2 is 1.57 bits per heavy atom. The van der Waals surface area contributed by atoms with E-state index in [4.69, 9.17) is 4.74 Å². The van der Waals surface area contributed by atoms with E-state index < -0.39 is 30.1 Å². The zero-order valence-corrected chi connectivity index (χ0v) is 14.8. The number of ether oxygens (including phenoxy) is 1. The number of halogens is 6. The molecule has 28 heavy (non-hydrogen) atoms. The number of hydrogen-bond donors (Lipinski definition) is 1. The molecule has 8 heteroatoms. The van der Waals surface area contributed by atoms with Crippen LogP contribution in [0.2, 0.25) is 0 Å². The summed E-state index contributed by atoms with van der Waals surface area (Å²) in [5.41, 5.74) is -1.90. The normalized spacial score (nSPS) is 18.1. The first-order chi connectivity index (χ1) is 13.1. The molecule has 1 aliphatic rings. The van der Waals surface area contributed by atoms with Crippen molar-refractivity contribution in [3.63, 3.8) is 0 Å². The summed E-state index contributed by atoms with van der Waals surface area (Å²) < 4.78 is 83.2. The molecule has 1 aliphatic heterocycles. The Bertz CT molecular complexity index is 777. The number of rotatable bonds is 4. The standard InChI is InChI=1S/C20H19F6NO/c21-19(22,23)15-8-13(9-16(11-15)20(24,25)26)12-28-17-5-3-4-14(10-17)18-6-1-2-7-27-18/h3-5,8-11,18,27H,1-2,6-7,12H2/t18-/m0/s1. The fourth-order valence-corrected chi connectivity index (χ4v) is 3.23. The van der Waals surface area contributed by atoms with Gasteiger partial charge in [-0.25, -0.2) is 0 Å². The monoisotopic (exact) mass is 403 g/mol. The van der Waals surface area contributed by atoms with Gasteiger partial charge in [0.05, 0.1) is 11.1 Å². The van der Waals surface area contributed by atoms with E-state index in [0.717, 1.165) is 31.4 Å². The van der Waals surface area contributed by atoms with Crippen LogP contribution in [0.4, 0.5) is 26.3 Å². The highest BCUT2D eigenvalue weighted by Gasteiger charge is 2.36. The Kier molecular flexibility index (Phi) is 5.88. The highest BCUT2D eigenvalue weighted by atomic mass is 19.4. The first-order valence-electron chi connectivity index (χ1n) is 8.87. The molecule has 3 rings (SSSR count). The second-order valence-corrected chi connectivity index (χ2v) is 6.78. The van der Waals surface area contributed by atoms with Crippen molar-refractivity contribution in [1.82, 2.24) is 5.32 Å². The molecular formula is C20H19F6NO. The van der Waals surface area contributed by atoms with Gasteiger partial charge in [-0.1, -0.05) is 18.6 Å². The minimum atomic E-state index is -4.87. The Morgan fingerprint density at radius 3 is 2.14 bits per heavy atom. The Labute approximate surface area is 158 Å². The summed E-state index contributed by atoms with van der Waals surface area (Å²) in [4.78, 5) is 0. The van der Waals surface area contributed by atoms with Gasteiger partial charge in [0.1, 0.15) is 12.4 Å². The molecule has 1 saturated heterocycles. The Morgan fingerprint density at radius 1 is 0.893 bits per heavy atom. The van der Waals surface area contributed by atoms with E-state index in [2.05, 4.69) is 5.32 Å². The van der Waals surface area contributed by atoms with Crippen molar-refractivity contribution in [2.75, 3.05) is 6.54 Å². The van der Waals surface area contributed by atoms with Crippen LogP contribution in [0.15, 0.2) is 42.5 Å². The summed E-state index contributed by atoms with van der Waals surface area (Å²) in [6.07, 6.45) is -6.59. The number of hydrogen-bond acceptors (Lipinski definition) is 2. The first-order valence-corrected chi connectivity index (χ1v) is 8.87. The Balaban J connectivity index is 1.78. The number of nitrogens with one attached hydrogen (secondary N) is 1. The van der Waals surface area contributed by atoms with Crippen LogP contribution in [0, 0.1) is 0 Å². The molecule has 0 spiro atoms. The zero-order chi connectivity index (χ0) is 20.4. The maximum Gasteiger partial charge on any atom is 0.416 e. The van der Waals surface area contributed by atoms with Crippen molar-refractivity contribution in [2.24, 2.45) is 0 Å². The van der Waals surface area contributed by atoms with Gasteiger partial charge in [-0.3, -0.25) is 0 Å². The van der Waals surface area contributed by atoms with E-state index in [-0.39, 0.29) is 17.7 Å². The largest absolute Gasteiger partial charge is 0.489 e. The van der Waals surface area contributed by atoms with E-state index in [9.17, 15) is 26.3 Å². The molecule has 2 aromatic rings. The molecule has 2 nitrogen and oxygen atoms in total. The van der Waals surface area contributed by atoms with Crippen LogP contribution in [0.5, 0.6) is 5.75 Å². The highest BCUT2D eigenvalue weighted by molar-refractivity contribution is 5.35. The first kappa shape index (κ1) is 20.5. The molecule has 1 heterocycles. The lowest BCUT2D eigenvalue weighted by Gasteiger charge is -2.24. The van der Waals surface area contributed by atoms with E-state index in [0.29, 0.717) is 17.9 Å². The van der Waals surface area contributed by atoms with Crippen molar-refractivity contribution < 1.29 is 31.1 Å². The predicted octanol–water partition coefficient (Wildman–Crippen LogP) is 6.12. The molecule has 0 aliphatic carbocycles. The number of alkyl halides is 6. The molecule has 0 unspecified atom stereocenters. The smallest absolute Gasteiger partial charge is 0.416 e. The molecule has 1 atom stereocenters. The van der Waals surface area contributed by atoms with Crippen LogP contribution < -0.4 is 10.1 Å². The molecule has 0 saturated carbocycles. The van der Waals surface area contributed by atoms with Crippen LogP contribution in [-0.4, -0.2) is 6.54 Å². The summed E-state index contributed by atoms with van der Waals surface area (Å²) in [5.74, 6) is 0.399. The second-order valence-electron chi connectivity index (χ2n) is 6.78. The highest BCUT2D eigenvalue weighted by Crippen LogP contribution is 2.36. The summed E-state index contributed by atoms with van der Waals surface area (Å²) in [5, 5.41) is 3.38. The van der Waals surface area contributed by atoms with Gasteiger partial charge in [0.2, 0.25) is 0 Å². The molecule has 0 amide bonds. The van der Waals surface area contributed by atoms with Gasteiger partial charge in [-0.05, 0) is 60.8 Å². The molecule has 0 radical (unpaired) electrons. The molecule has 2 aromatic carbocycles. The molecular weight excluding hydrogens is 384 g/mol. The molecule has 0 bridgehead atoms. The number of benzene rings is 2. The molecule has 0 aromatic heterocycles. The minimum absolute atomic E-state index is 0.110. The molecule has 1 N–H and O–H groups in total. The van der Waals surface area contributed by atoms with E-state index in [1.54, 1.807) is 18.2 Å². The van der Waals surface area contributed by atoms with Gasteiger partial charge < -0.3 is 10.1 Å². The lowest BCUT2D eigenvalue weighted by Crippen LogP contribution is -2.26. The van der Waals surface area contributed by atoms with Crippen molar-refractivity contribution in [1.29, 1.82) is 0 Å². The van der Waals surface area contributed by atoms with Crippen molar-refractivity contribution in [3.05, 3.63) is 64.7 Å². The summed E-state index contributed by atoms with van der Waals surface area (Å²) >= 11 is 0. The summed E-state index contributed by atoms with van der Waals surface area (Å²) in [6, 6.07) is 8.72. The van der Waals surface area contributed by atoms with Crippen LogP contribution in [0.25, 0.3) is 0 Å². The maximum absolute atomic E-state index is 12.9. The summed E-state index contributed by atoms with van der Waals surface area (Å²) in [6.45, 7) is 0.509. The van der Waals surface area contributed by atoms with Gasteiger partial charge in [0.25, 0.3) is 0 Å². The third-order valence-electron chi connectivity index (χ3n) is 4.62. The van der Waals surface area contributed by atoms with E-state index >= 15 is 0 Å². The van der Waals surface area contributed by atoms with Gasteiger partial charge in [-0.2, -0.15) is 26.3 Å². The predicted molar refractivity (Wildman–Crippen MR) is 91.8 cm³/mol. The van der Waals surface area contributed by atoms with Crippen LogP contribution in [0.1, 0.15) is 47.6 Å². The van der Waals surface area contributed by atoms with E-state index in [1.807, 2.05) is 6.07 Å². The van der Waals surface area contributed by atoms with Crippen LogP contribution in [-0.2, 0) is 19.0 Å². The minimum Gasteiger partial charge on any atom is -0.489 e. The fraction of sp³-hybridized carbons (Fsp3) is 0.400. The number of piperidine rings is 1. The fourth-order valence-electron chi connectivity index (χ4n) is 3.23. The van der Waals surface area contributed by atoms with Gasteiger partial charge in [-0.15, -0.1) is 0 Å². The second kappa shape index (κ2) is 8.03. The maximum atomic E-state index is 12.9. The molecule has 152 valence electrons. The average Bonchev–Trinajstić information content (AvgIpc) is 2.66. The third kappa shape index (κ3) is 5.19. The lowest BCUT2D eigenvalue weighted by molar-refractivity contribution is -0.143. The van der Waals surface area contributed by atoms with Gasteiger partial charge in [0, 0.05) is 6.04 Å². The average molecular weight is 403 g/mol. The Hall–Kier alpha value is -2.22.